The quantitative estimate of drug-likeness (QED) is 0.577. The van der Waals surface area contributed by atoms with Gasteiger partial charge in [0.25, 0.3) is 5.91 Å². The molecule has 0 aliphatic carbocycles. The van der Waals surface area contributed by atoms with E-state index in [1.54, 1.807) is 18.2 Å². The second-order valence-corrected chi connectivity index (χ2v) is 8.61. The Morgan fingerprint density at radius 2 is 1.81 bits per heavy atom. The Kier molecular flexibility index (Phi) is 6.93. The first kappa shape index (κ1) is 21.3. The molecule has 0 bridgehead atoms. The molecule has 0 radical (unpaired) electrons. The Hall–Kier alpha value is -2.01. The molecule has 7 nitrogen and oxygen atoms in total. The summed E-state index contributed by atoms with van der Waals surface area (Å²) >= 11 is 8.49. The van der Waals surface area contributed by atoms with Crippen LogP contribution in [-0.4, -0.2) is 25.5 Å². The molecule has 0 heterocycles. The summed E-state index contributed by atoms with van der Waals surface area (Å²) < 4.78 is 28.7. The standard InChI is InChI=1S/C17H18BrN3O4S2/c1-10(2)25-15-8-3-11(9-14(15)18)16(22)21-17(26)20-12-4-6-13(7-5-12)27(19,23)24/h3-10H,1-2H3,(H2,19,23,24)(H2,20,21,22,26). The molecule has 27 heavy (non-hydrogen) atoms. The monoisotopic (exact) mass is 471 g/mol. The zero-order valence-electron chi connectivity index (χ0n) is 14.5. The minimum absolute atomic E-state index is 0.0124. The summed E-state index contributed by atoms with van der Waals surface area (Å²) in [4.78, 5) is 12.3. The van der Waals surface area contributed by atoms with Crippen molar-refractivity contribution in [3.8, 4) is 5.75 Å². The molecule has 2 aromatic rings. The average Bonchev–Trinajstić information content (AvgIpc) is 2.55. The van der Waals surface area contributed by atoms with E-state index in [1.165, 1.54) is 24.3 Å². The number of primary sulfonamides is 1. The summed E-state index contributed by atoms with van der Waals surface area (Å²) in [5, 5.41) is 10.5. The summed E-state index contributed by atoms with van der Waals surface area (Å²) in [7, 11) is -3.76. The Bertz CT molecular complexity index is 961. The number of nitrogens with one attached hydrogen (secondary N) is 2. The SMILES string of the molecule is CC(C)Oc1ccc(C(=O)NC(=S)Nc2ccc(S(N)(=O)=O)cc2)cc1Br. The van der Waals surface area contributed by atoms with Crippen molar-refractivity contribution in [2.24, 2.45) is 5.14 Å². The Morgan fingerprint density at radius 1 is 1.19 bits per heavy atom. The molecule has 2 rings (SSSR count). The van der Waals surface area contributed by atoms with Crippen LogP contribution in [0.15, 0.2) is 51.8 Å². The maximum absolute atomic E-state index is 12.3. The average molecular weight is 472 g/mol. The van der Waals surface area contributed by atoms with Crippen molar-refractivity contribution in [1.29, 1.82) is 0 Å². The van der Waals surface area contributed by atoms with Gasteiger partial charge >= 0.3 is 0 Å². The minimum atomic E-state index is -3.76. The van der Waals surface area contributed by atoms with E-state index in [0.29, 0.717) is 21.5 Å². The van der Waals surface area contributed by atoms with Gasteiger partial charge in [0.1, 0.15) is 5.75 Å². The molecule has 0 spiro atoms. The van der Waals surface area contributed by atoms with Crippen LogP contribution in [0.2, 0.25) is 0 Å². The van der Waals surface area contributed by atoms with Crippen molar-refractivity contribution in [2.75, 3.05) is 5.32 Å². The summed E-state index contributed by atoms with van der Waals surface area (Å²) in [6.07, 6.45) is 0.0124. The number of rotatable bonds is 5. The lowest BCUT2D eigenvalue weighted by Gasteiger charge is -2.13. The summed E-state index contributed by atoms with van der Waals surface area (Å²) in [6, 6.07) is 10.6. The van der Waals surface area contributed by atoms with Crippen LogP contribution >= 0.6 is 28.1 Å². The lowest BCUT2D eigenvalue weighted by atomic mass is 10.2. The molecule has 0 saturated carbocycles. The van der Waals surface area contributed by atoms with E-state index in [2.05, 4.69) is 26.6 Å². The van der Waals surface area contributed by atoms with Crippen LogP contribution in [0.4, 0.5) is 5.69 Å². The van der Waals surface area contributed by atoms with Gasteiger partial charge in [0, 0.05) is 11.3 Å². The number of nitrogens with two attached hydrogens (primary N) is 1. The maximum atomic E-state index is 12.3. The van der Waals surface area contributed by atoms with Gasteiger partial charge in [-0.1, -0.05) is 0 Å². The second-order valence-electron chi connectivity index (χ2n) is 5.79. The topological polar surface area (TPSA) is 111 Å². The lowest BCUT2D eigenvalue weighted by Crippen LogP contribution is -2.34. The summed E-state index contributed by atoms with van der Waals surface area (Å²) in [5.74, 6) is 0.239. The Morgan fingerprint density at radius 3 is 2.33 bits per heavy atom. The van der Waals surface area contributed by atoms with Crippen LogP contribution in [0.3, 0.4) is 0 Å². The third-order valence-electron chi connectivity index (χ3n) is 3.22. The first-order valence-corrected chi connectivity index (χ1v) is 10.5. The number of ether oxygens (including phenoxy) is 1. The van der Waals surface area contributed by atoms with Gasteiger partial charge in [0.15, 0.2) is 5.11 Å². The predicted octanol–water partition coefficient (Wildman–Crippen LogP) is 3.01. The fourth-order valence-electron chi connectivity index (χ4n) is 2.06. The lowest BCUT2D eigenvalue weighted by molar-refractivity contribution is 0.0977. The largest absolute Gasteiger partial charge is 0.490 e. The highest BCUT2D eigenvalue weighted by atomic mass is 79.9. The number of amides is 1. The molecule has 2 aromatic carbocycles. The van der Waals surface area contributed by atoms with Crippen molar-refractivity contribution < 1.29 is 17.9 Å². The molecule has 0 fully saturated rings. The van der Waals surface area contributed by atoms with Crippen molar-refractivity contribution in [1.82, 2.24) is 5.32 Å². The zero-order valence-corrected chi connectivity index (χ0v) is 17.7. The highest BCUT2D eigenvalue weighted by molar-refractivity contribution is 9.10. The predicted molar refractivity (Wildman–Crippen MR) is 111 cm³/mol. The molecule has 0 unspecified atom stereocenters. The number of hydrogen-bond acceptors (Lipinski definition) is 5. The van der Waals surface area contributed by atoms with E-state index >= 15 is 0 Å². The molecule has 4 N–H and O–H groups in total. The van der Waals surface area contributed by atoms with E-state index in [9.17, 15) is 13.2 Å². The molecule has 1 amide bonds. The molecule has 0 aliphatic rings. The van der Waals surface area contributed by atoms with Gasteiger partial charge in [-0.2, -0.15) is 0 Å². The van der Waals surface area contributed by atoms with Gasteiger partial charge < -0.3 is 10.1 Å². The third-order valence-corrected chi connectivity index (χ3v) is 4.98. The van der Waals surface area contributed by atoms with Crippen LogP contribution in [0.25, 0.3) is 0 Å². The van der Waals surface area contributed by atoms with E-state index < -0.39 is 15.9 Å². The van der Waals surface area contributed by atoms with Crippen LogP contribution in [0, 0.1) is 0 Å². The summed E-state index contributed by atoms with van der Waals surface area (Å²) in [5.41, 5.74) is 0.904. The smallest absolute Gasteiger partial charge is 0.257 e. The van der Waals surface area contributed by atoms with E-state index in [4.69, 9.17) is 22.1 Å². The van der Waals surface area contributed by atoms with Gasteiger partial charge in [-0.3, -0.25) is 10.1 Å². The number of benzene rings is 2. The van der Waals surface area contributed by atoms with Crippen molar-refractivity contribution >= 4 is 54.9 Å². The second kappa shape index (κ2) is 8.79. The van der Waals surface area contributed by atoms with Gasteiger partial charge in [0.05, 0.1) is 15.5 Å². The van der Waals surface area contributed by atoms with Crippen molar-refractivity contribution in [2.45, 2.75) is 24.8 Å². The number of halogens is 1. The number of carbonyl (C=O) groups excluding carboxylic acids is 1. The number of anilines is 1. The number of carbonyl (C=O) groups is 1. The van der Waals surface area contributed by atoms with Gasteiger partial charge in [-0.25, -0.2) is 13.6 Å². The first-order valence-electron chi connectivity index (χ1n) is 7.77. The van der Waals surface area contributed by atoms with Crippen molar-refractivity contribution in [3.05, 3.63) is 52.5 Å². The van der Waals surface area contributed by atoms with Crippen LogP contribution in [-0.2, 0) is 10.0 Å². The highest BCUT2D eigenvalue weighted by Crippen LogP contribution is 2.27. The van der Waals surface area contributed by atoms with E-state index in [0.717, 1.165) is 0 Å². The molecule has 0 aromatic heterocycles. The van der Waals surface area contributed by atoms with Crippen LogP contribution in [0.5, 0.6) is 5.75 Å². The third kappa shape index (κ3) is 6.28. The minimum Gasteiger partial charge on any atom is -0.490 e. The molecular formula is C17H18BrN3O4S2. The first-order chi connectivity index (χ1) is 12.6. The number of hydrogen-bond donors (Lipinski definition) is 3. The zero-order chi connectivity index (χ0) is 20.2. The van der Waals surface area contributed by atoms with E-state index in [-0.39, 0.29) is 16.1 Å². The normalized spacial score (nSPS) is 11.1. The maximum Gasteiger partial charge on any atom is 0.257 e. The number of thiocarbonyl (C=S) groups is 1. The highest BCUT2D eigenvalue weighted by Gasteiger charge is 2.12. The molecular weight excluding hydrogens is 454 g/mol. The van der Waals surface area contributed by atoms with Gasteiger partial charge in [0.2, 0.25) is 10.0 Å². The molecule has 144 valence electrons. The van der Waals surface area contributed by atoms with E-state index in [1.807, 2.05) is 13.8 Å². The van der Waals surface area contributed by atoms with Gasteiger partial charge in [-0.15, -0.1) is 0 Å². The Balaban J connectivity index is 2.01. The number of sulfonamides is 1. The van der Waals surface area contributed by atoms with Crippen LogP contribution < -0.4 is 20.5 Å². The fraction of sp³-hybridized carbons (Fsp3) is 0.176. The molecule has 0 saturated heterocycles. The Labute approximate surface area is 171 Å². The van der Waals surface area contributed by atoms with Crippen LogP contribution in [0.1, 0.15) is 24.2 Å². The van der Waals surface area contributed by atoms with Crippen molar-refractivity contribution in [3.63, 3.8) is 0 Å². The van der Waals surface area contributed by atoms with Gasteiger partial charge in [-0.05, 0) is 84.5 Å². The summed E-state index contributed by atoms with van der Waals surface area (Å²) in [6.45, 7) is 3.82. The fourth-order valence-corrected chi connectivity index (χ4v) is 3.26. The molecule has 10 heteroatoms. The molecule has 0 atom stereocenters. The molecule has 0 aliphatic heterocycles.